The van der Waals surface area contributed by atoms with Crippen LogP contribution in [0.2, 0.25) is 0 Å². The molecule has 1 amide bonds. The molecule has 0 N–H and O–H groups in total. The van der Waals surface area contributed by atoms with E-state index in [2.05, 4.69) is 25.4 Å². The second-order valence-corrected chi connectivity index (χ2v) is 7.75. The van der Waals surface area contributed by atoms with Gasteiger partial charge in [0.25, 0.3) is 5.91 Å². The van der Waals surface area contributed by atoms with Crippen LogP contribution >= 0.6 is 0 Å². The number of benzene rings is 1. The van der Waals surface area contributed by atoms with Crippen LogP contribution in [0, 0.1) is 0 Å². The lowest BCUT2D eigenvalue weighted by atomic mass is 10.2. The van der Waals surface area contributed by atoms with Crippen LogP contribution in [0.15, 0.2) is 53.2 Å². The zero-order valence-corrected chi connectivity index (χ0v) is 18.8. The summed E-state index contributed by atoms with van der Waals surface area (Å²) in [6, 6.07) is 12.9. The minimum absolute atomic E-state index is 0.111. The molecule has 4 heterocycles. The fraction of sp³-hybridized carbons (Fsp3) is 0.217. The van der Waals surface area contributed by atoms with Crippen molar-refractivity contribution in [2.45, 2.75) is 13.2 Å². The molecule has 5 rings (SSSR count). The number of rotatable bonds is 7. The van der Waals surface area contributed by atoms with E-state index in [-0.39, 0.29) is 12.5 Å². The van der Waals surface area contributed by atoms with Gasteiger partial charge in [-0.1, -0.05) is 23.4 Å². The van der Waals surface area contributed by atoms with Crippen molar-refractivity contribution in [3.05, 3.63) is 65.7 Å². The van der Waals surface area contributed by atoms with E-state index in [0.717, 1.165) is 10.8 Å². The van der Waals surface area contributed by atoms with Crippen molar-refractivity contribution >= 4 is 22.3 Å². The number of pyridine rings is 1. The lowest BCUT2D eigenvalue weighted by Crippen LogP contribution is -2.21. The first-order valence-electron chi connectivity index (χ1n) is 10.4. The molecule has 34 heavy (non-hydrogen) atoms. The highest BCUT2D eigenvalue weighted by Crippen LogP contribution is 2.29. The summed E-state index contributed by atoms with van der Waals surface area (Å²) in [7, 11) is 4.97. The summed E-state index contributed by atoms with van der Waals surface area (Å²) in [5.41, 5.74) is 2.22. The summed E-state index contributed by atoms with van der Waals surface area (Å²) >= 11 is 0. The molecule has 0 bridgehead atoms. The van der Waals surface area contributed by atoms with E-state index in [0.29, 0.717) is 46.7 Å². The Morgan fingerprint density at radius 3 is 2.65 bits per heavy atom. The molecule has 0 spiro atoms. The molecule has 0 atom stereocenters. The molecule has 0 aliphatic heterocycles. The van der Waals surface area contributed by atoms with E-state index in [1.807, 2.05) is 24.3 Å². The van der Waals surface area contributed by atoms with Gasteiger partial charge in [0.1, 0.15) is 13.2 Å². The molecule has 0 radical (unpaired) electrons. The van der Waals surface area contributed by atoms with Crippen molar-refractivity contribution in [1.82, 2.24) is 34.9 Å². The number of fused-ring (bicyclic) bond motifs is 3. The van der Waals surface area contributed by atoms with Gasteiger partial charge in [0.2, 0.25) is 11.7 Å². The number of nitrogens with zero attached hydrogens (tertiary/aromatic N) is 7. The number of aromatic nitrogens is 6. The number of carbonyl (C=O) groups excluding carboxylic acids is 1. The molecule has 0 unspecified atom stereocenters. The molecular formula is C23H21N7O4. The minimum Gasteiger partial charge on any atom is -0.470 e. The quantitative estimate of drug-likeness (QED) is 0.362. The minimum atomic E-state index is -0.111. The zero-order chi connectivity index (χ0) is 23.7. The number of hydrogen-bond donors (Lipinski definition) is 0. The zero-order valence-electron chi connectivity index (χ0n) is 18.8. The normalized spacial score (nSPS) is 11.3. The van der Waals surface area contributed by atoms with Crippen LogP contribution in [0.3, 0.4) is 0 Å². The topological polar surface area (TPSA) is 121 Å². The van der Waals surface area contributed by atoms with Crippen molar-refractivity contribution in [2.24, 2.45) is 0 Å². The Morgan fingerprint density at radius 2 is 1.91 bits per heavy atom. The van der Waals surface area contributed by atoms with Crippen LogP contribution < -0.4 is 4.74 Å². The van der Waals surface area contributed by atoms with Crippen LogP contribution in [-0.2, 0) is 18.0 Å². The van der Waals surface area contributed by atoms with E-state index >= 15 is 0 Å². The molecule has 11 heteroatoms. The second kappa shape index (κ2) is 8.87. The monoisotopic (exact) mass is 459 g/mol. The standard InChI is InChI=1S/C23H21N7O4/c1-29(2)23(31)14-8-9-15(24-11-14)12-33-22-18-7-5-4-6-17(18)20-25-26-21(30(20)27-22)19-10-16(13-32-3)34-28-19/h4-11H,12-13H2,1-3H3. The Kier molecular flexibility index (Phi) is 5.60. The molecule has 5 aromatic rings. The van der Waals surface area contributed by atoms with Crippen molar-refractivity contribution in [3.8, 4) is 17.4 Å². The van der Waals surface area contributed by atoms with E-state index < -0.39 is 0 Å². The summed E-state index contributed by atoms with van der Waals surface area (Å²) in [5, 5.41) is 18.9. The molecule has 1 aromatic carbocycles. The van der Waals surface area contributed by atoms with Gasteiger partial charge in [0, 0.05) is 44.2 Å². The fourth-order valence-electron chi connectivity index (χ4n) is 3.48. The number of amides is 1. The van der Waals surface area contributed by atoms with Crippen LogP contribution in [0.5, 0.6) is 5.88 Å². The summed E-state index contributed by atoms with van der Waals surface area (Å²) in [5.74, 6) is 1.26. The average molecular weight is 459 g/mol. The van der Waals surface area contributed by atoms with Gasteiger partial charge < -0.3 is 18.9 Å². The molecule has 11 nitrogen and oxygen atoms in total. The second-order valence-electron chi connectivity index (χ2n) is 7.75. The van der Waals surface area contributed by atoms with Crippen LogP contribution in [-0.4, -0.2) is 62.0 Å². The number of methoxy groups -OCH3 is 1. The Balaban J connectivity index is 1.49. The van der Waals surface area contributed by atoms with Gasteiger partial charge >= 0.3 is 0 Å². The lowest BCUT2D eigenvalue weighted by molar-refractivity contribution is 0.0827. The third-order valence-corrected chi connectivity index (χ3v) is 5.14. The Hall–Kier alpha value is -4.38. The Morgan fingerprint density at radius 1 is 1.09 bits per heavy atom. The van der Waals surface area contributed by atoms with E-state index in [9.17, 15) is 4.79 Å². The molecular weight excluding hydrogens is 438 g/mol. The first-order valence-corrected chi connectivity index (χ1v) is 10.4. The first kappa shape index (κ1) is 21.5. The molecule has 0 aliphatic rings. The molecule has 0 fully saturated rings. The lowest BCUT2D eigenvalue weighted by Gasteiger charge is -2.11. The van der Waals surface area contributed by atoms with Crippen molar-refractivity contribution in [1.29, 1.82) is 0 Å². The third-order valence-electron chi connectivity index (χ3n) is 5.14. The molecule has 172 valence electrons. The van der Waals surface area contributed by atoms with Crippen molar-refractivity contribution in [2.75, 3.05) is 21.2 Å². The summed E-state index contributed by atoms with van der Waals surface area (Å²) in [6.07, 6.45) is 1.54. The first-order chi connectivity index (χ1) is 16.5. The molecule has 4 aromatic heterocycles. The maximum Gasteiger partial charge on any atom is 0.254 e. The number of carbonyl (C=O) groups is 1. The number of ether oxygens (including phenoxy) is 2. The molecule has 0 saturated carbocycles. The summed E-state index contributed by atoms with van der Waals surface area (Å²) in [6.45, 7) is 0.457. The van der Waals surface area contributed by atoms with Gasteiger partial charge in [-0.25, -0.2) is 0 Å². The highest BCUT2D eigenvalue weighted by atomic mass is 16.5. The fourth-order valence-corrected chi connectivity index (χ4v) is 3.48. The molecule has 0 saturated heterocycles. The summed E-state index contributed by atoms with van der Waals surface area (Å²) < 4.78 is 18.0. The Labute approximate surface area is 193 Å². The van der Waals surface area contributed by atoms with Gasteiger partial charge in [-0.05, 0) is 18.2 Å². The van der Waals surface area contributed by atoms with Crippen molar-refractivity contribution < 1.29 is 18.8 Å². The van der Waals surface area contributed by atoms with Gasteiger partial charge in [0.15, 0.2) is 17.1 Å². The highest BCUT2D eigenvalue weighted by Gasteiger charge is 2.19. The van der Waals surface area contributed by atoms with Gasteiger partial charge in [-0.15, -0.1) is 15.3 Å². The number of hydrogen-bond acceptors (Lipinski definition) is 9. The third kappa shape index (κ3) is 3.92. The van der Waals surface area contributed by atoms with Crippen LogP contribution in [0.4, 0.5) is 0 Å². The van der Waals surface area contributed by atoms with Gasteiger partial charge in [-0.3, -0.25) is 9.78 Å². The highest BCUT2D eigenvalue weighted by molar-refractivity contribution is 5.97. The largest absolute Gasteiger partial charge is 0.470 e. The van der Waals surface area contributed by atoms with Crippen LogP contribution in [0.25, 0.3) is 27.9 Å². The molecule has 0 aliphatic carbocycles. The van der Waals surface area contributed by atoms with Gasteiger partial charge in [0.05, 0.1) is 11.3 Å². The van der Waals surface area contributed by atoms with Crippen LogP contribution in [0.1, 0.15) is 21.8 Å². The average Bonchev–Trinajstić information content (AvgIpc) is 3.49. The van der Waals surface area contributed by atoms with E-state index in [4.69, 9.17) is 14.0 Å². The Bertz CT molecular complexity index is 1470. The SMILES string of the molecule is COCc1cc(-c2nnc3c4ccccc4c(OCc4ccc(C(=O)N(C)C)cn4)nn23)no1. The smallest absolute Gasteiger partial charge is 0.254 e. The van der Waals surface area contributed by atoms with E-state index in [1.54, 1.807) is 43.9 Å². The predicted octanol–water partition coefficient (Wildman–Crippen LogP) is 2.75. The maximum absolute atomic E-state index is 12.1. The van der Waals surface area contributed by atoms with Crippen molar-refractivity contribution in [3.63, 3.8) is 0 Å². The maximum atomic E-state index is 12.1. The predicted molar refractivity (Wildman–Crippen MR) is 121 cm³/mol. The van der Waals surface area contributed by atoms with Gasteiger partial charge in [-0.2, -0.15) is 4.52 Å². The van der Waals surface area contributed by atoms with E-state index in [1.165, 1.54) is 11.1 Å². The summed E-state index contributed by atoms with van der Waals surface area (Å²) in [4.78, 5) is 17.9.